The lowest BCUT2D eigenvalue weighted by molar-refractivity contribution is -0.144. The Morgan fingerprint density at radius 1 is 1.06 bits per heavy atom. The molecule has 0 aliphatic carbocycles. The van der Waals surface area contributed by atoms with Crippen LogP contribution in [-0.2, 0) is 24.7 Å². The number of aliphatic hydroxyl groups is 1. The Morgan fingerprint density at radius 2 is 1.80 bits per heavy atom. The Bertz CT molecular complexity index is 1220. The predicted octanol–water partition coefficient (Wildman–Crippen LogP) is 3.37. The highest BCUT2D eigenvalue weighted by atomic mass is 16.5. The van der Waals surface area contributed by atoms with Crippen LogP contribution in [0.15, 0.2) is 48.0 Å². The number of carbonyl (C=O) groups excluding carboxylic acids is 3. The molecule has 0 radical (unpaired) electrons. The first-order valence-corrected chi connectivity index (χ1v) is 11.7. The Morgan fingerprint density at radius 3 is 2.46 bits per heavy atom. The number of ketones is 1. The van der Waals surface area contributed by atoms with E-state index in [9.17, 15) is 19.5 Å². The molecule has 184 valence electrons. The van der Waals surface area contributed by atoms with Crippen LogP contribution < -0.4 is 9.64 Å². The first-order valence-electron chi connectivity index (χ1n) is 11.7. The second-order valence-corrected chi connectivity index (χ2v) is 8.72. The standard InChI is InChI=1S/C27H30N2O6/c1-5-6-13-28-20-10-8-7-9-19(20)27(26(28)33)22(24(31)25(32)29(27)14-15-34-3)23(30)18-11-12-21(35-4)17(2)16-18/h7-12,16,30H,5-6,13-15H2,1-4H3/b23-22+. The van der Waals surface area contributed by atoms with Crippen molar-refractivity contribution in [3.63, 3.8) is 0 Å². The van der Waals surface area contributed by atoms with E-state index in [0.29, 0.717) is 29.1 Å². The predicted molar refractivity (Wildman–Crippen MR) is 131 cm³/mol. The minimum atomic E-state index is -1.77. The lowest BCUT2D eigenvalue weighted by atomic mass is 9.81. The Balaban J connectivity index is 2.02. The second kappa shape index (κ2) is 9.54. The van der Waals surface area contributed by atoms with Crippen molar-refractivity contribution in [3.05, 3.63) is 64.7 Å². The molecule has 0 saturated carbocycles. The second-order valence-electron chi connectivity index (χ2n) is 8.72. The number of fused-ring (bicyclic) bond motifs is 2. The fourth-order valence-corrected chi connectivity index (χ4v) is 5.06. The van der Waals surface area contributed by atoms with Gasteiger partial charge >= 0.3 is 0 Å². The number of benzene rings is 2. The van der Waals surface area contributed by atoms with E-state index in [4.69, 9.17) is 9.47 Å². The van der Waals surface area contributed by atoms with Crippen molar-refractivity contribution < 1.29 is 29.0 Å². The summed E-state index contributed by atoms with van der Waals surface area (Å²) in [5, 5.41) is 11.5. The van der Waals surface area contributed by atoms with Gasteiger partial charge in [-0.15, -0.1) is 0 Å². The molecule has 2 heterocycles. The quantitative estimate of drug-likeness (QED) is 0.355. The molecular weight excluding hydrogens is 448 g/mol. The number of hydrogen-bond acceptors (Lipinski definition) is 6. The number of unbranched alkanes of at least 4 members (excludes halogenated alkanes) is 1. The van der Waals surface area contributed by atoms with Gasteiger partial charge in [0.15, 0.2) is 5.54 Å². The van der Waals surface area contributed by atoms with Gasteiger partial charge in [0.1, 0.15) is 11.5 Å². The Hall–Kier alpha value is -3.65. The third-order valence-corrected chi connectivity index (χ3v) is 6.73. The number of para-hydroxylation sites is 1. The smallest absolute Gasteiger partial charge is 0.296 e. The first kappa shape index (κ1) is 24.5. The van der Waals surface area contributed by atoms with Gasteiger partial charge in [0.2, 0.25) is 0 Å². The lowest BCUT2D eigenvalue weighted by Gasteiger charge is -2.34. The highest BCUT2D eigenvalue weighted by Gasteiger charge is 2.66. The van der Waals surface area contributed by atoms with Crippen molar-refractivity contribution in [1.29, 1.82) is 0 Å². The van der Waals surface area contributed by atoms with Gasteiger partial charge in [-0.05, 0) is 43.2 Å². The topological polar surface area (TPSA) is 96.4 Å². The average molecular weight is 479 g/mol. The summed E-state index contributed by atoms with van der Waals surface area (Å²) in [6.45, 7) is 4.41. The van der Waals surface area contributed by atoms with Gasteiger partial charge in [-0.25, -0.2) is 0 Å². The summed E-state index contributed by atoms with van der Waals surface area (Å²) in [6, 6.07) is 12.1. The molecule has 0 aromatic heterocycles. The van der Waals surface area contributed by atoms with Crippen molar-refractivity contribution in [1.82, 2.24) is 4.90 Å². The van der Waals surface area contributed by atoms with Gasteiger partial charge in [0, 0.05) is 31.3 Å². The molecule has 35 heavy (non-hydrogen) atoms. The largest absolute Gasteiger partial charge is 0.507 e. The van der Waals surface area contributed by atoms with E-state index in [1.54, 1.807) is 42.3 Å². The molecule has 2 amide bonds. The molecule has 2 aliphatic heterocycles. The number of anilines is 1. The lowest BCUT2D eigenvalue weighted by Crippen LogP contribution is -2.52. The summed E-state index contributed by atoms with van der Waals surface area (Å²) in [4.78, 5) is 44.0. The molecule has 8 nitrogen and oxygen atoms in total. The highest BCUT2D eigenvalue weighted by Crippen LogP contribution is 2.53. The van der Waals surface area contributed by atoms with Crippen molar-refractivity contribution in [2.24, 2.45) is 0 Å². The zero-order chi connectivity index (χ0) is 25.3. The van der Waals surface area contributed by atoms with E-state index in [1.165, 1.54) is 12.0 Å². The van der Waals surface area contributed by atoms with Crippen LogP contribution in [0.2, 0.25) is 0 Å². The number of ether oxygens (including phenoxy) is 2. The number of aryl methyl sites for hydroxylation is 1. The number of methoxy groups -OCH3 is 2. The average Bonchev–Trinajstić information content (AvgIpc) is 3.23. The summed E-state index contributed by atoms with van der Waals surface area (Å²) >= 11 is 0. The molecule has 2 aromatic carbocycles. The molecule has 1 N–H and O–H groups in total. The SMILES string of the molecule is CCCCN1C(=O)C2(/C(=C(/O)c3ccc(OC)c(C)c3)C(=O)C(=O)N2CCOC)c2ccccc21. The molecule has 1 unspecified atom stereocenters. The number of Topliss-reactive ketones (excluding diaryl/α,β-unsaturated/α-hetero) is 1. The summed E-state index contributed by atoms with van der Waals surface area (Å²) in [5.41, 5.74) is 0.205. The van der Waals surface area contributed by atoms with Crippen LogP contribution in [0.5, 0.6) is 5.75 Å². The normalized spacial score (nSPS) is 20.7. The molecule has 2 aliphatic rings. The summed E-state index contributed by atoms with van der Waals surface area (Å²) in [7, 11) is 3.03. The third-order valence-electron chi connectivity index (χ3n) is 6.73. The van der Waals surface area contributed by atoms with Crippen LogP contribution in [0.3, 0.4) is 0 Å². The number of likely N-dealkylation sites (tertiary alicyclic amines) is 1. The number of carbonyl (C=O) groups is 3. The zero-order valence-electron chi connectivity index (χ0n) is 20.5. The van der Waals surface area contributed by atoms with Gasteiger partial charge in [-0.3, -0.25) is 14.4 Å². The minimum absolute atomic E-state index is 0.0151. The van der Waals surface area contributed by atoms with E-state index in [-0.39, 0.29) is 18.7 Å². The van der Waals surface area contributed by atoms with Crippen molar-refractivity contribution >= 4 is 29.0 Å². The van der Waals surface area contributed by atoms with Gasteiger partial charge < -0.3 is 24.4 Å². The van der Waals surface area contributed by atoms with Gasteiger partial charge in [0.05, 0.1) is 25.0 Å². The van der Waals surface area contributed by atoms with E-state index in [1.807, 2.05) is 26.0 Å². The summed E-state index contributed by atoms with van der Waals surface area (Å²) in [5.74, 6) is -1.93. The molecular formula is C27H30N2O6. The van der Waals surface area contributed by atoms with Crippen LogP contribution in [0.1, 0.15) is 36.5 Å². The van der Waals surface area contributed by atoms with Crippen LogP contribution in [0, 0.1) is 6.92 Å². The number of nitrogens with zero attached hydrogens (tertiary/aromatic N) is 2. The maximum Gasteiger partial charge on any atom is 0.296 e. The summed E-state index contributed by atoms with van der Waals surface area (Å²) < 4.78 is 10.5. The van der Waals surface area contributed by atoms with Crippen LogP contribution in [-0.4, -0.2) is 61.5 Å². The fraction of sp³-hybridized carbons (Fsp3) is 0.370. The van der Waals surface area contributed by atoms with E-state index in [2.05, 4.69) is 0 Å². The monoisotopic (exact) mass is 478 g/mol. The fourth-order valence-electron chi connectivity index (χ4n) is 5.06. The maximum atomic E-state index is 14.2. The third kappa shape index (κ3) is 3.60. The molecule has 1 fully saturated rings. The molecule has 1 spiro atoms. The molecule has 2 aromatic rings. The Kier molecular flexibility index (Phi) is 6.67. The van der Waals surface area contributed by atoms with Crippen molar-refractivity contribution in [2.75, 3.05) is 38.8 Å². The number of rotatable bonds is 8. The van der Waals surface area contributed by atoms with E-state index >= 15 is 0 Å². The number of aliphatic hydroxyl groups excluding tert-OH is 1. The number of hydrogen-bond donors (Lipinski definition) is 1. The molecule has 1 saturated heterocycles. The van der Waals surface area contributed by atoms with Crippen molar-refractivity contribution in [2.45, 2.75) is 32.2 Å². The van der Waals surface area contributed by atoms with Crippen molar-refractivity contribution in [3.8, 4) is 5.75 Å². The number of amides is 2. The van der Waals surface area contributed by atoms with Crippen LogP contribution in [0.25, 0.3) is 5.76 Å². The summed E-state index contributed by atoms with van der Waals surface area (Å²) in [6.07, 6.45) is 1.61. The van der Waals surface area contributed by atoms with Crippen LogP contribution >= 0.6 is 0 Å². The van der Waals surface area contributed by atoms with Gasteiger partial charge in [-0.1, -0.05) is 31.5 Å². The molecule has 1 atom stereocenters. The van der Waals surface area contributed by atoms with Gasteiger partial charge in [-0.2, -0.15) is 0 Å². The zero-order valence-corrected chi connectivity index (χ0v) is 20.5. The highest BCUT2D eigenvalue weighted by molar-refractivity contribution is 6.50. The van der Waals surface area contributed by atoms with E-state index < -0.39 is 28.9 Å². The molecule has 4 rings (SSSR count). The van der Waals surface area contributed by atoms with Gasteiger partial charge in [0.25, 0.3) is 17.6 Å². The van der Waals surface area contributed by atoms with Crippen LogP contribution in [0.4, 0.5) is 5.69 Å². The first-order chi connectivity index (χ1) is 16.8. The molecule has 8 heteroatoms. The maximum absolute atomic E-state index is 14.2. The minimum Gasteiger partial charge on any atom is -0.507 e. The Labute approximate surface area is 204 Å². The van der Waals surface area contributed by atoms with E-state index in [0.717, 1.165) is 18.4 Å². The molecule has 0 bridgehead atoms.